The summed E-state index contributed by atoms with van der Waals surface area (Å²) in [6.07, 6.45) is 3.04. The molecule has 33 heavy (non-hydrogen) atoms. The summed E-state index contributed by atoms with van der Waals surface area (Å²) < 4.78 is 0. The fourth-order valence-corrected chi connectivity index (χ4v) is 3.57. The first-order valence-electron chi connectivity index (χ1n) is 10.3. The van der Waals surface area contributed by atoms with E-state index in [0.717, 1.165) is 0 Å². The van der Waals surface area contributed by atoms with Crippen LogP contribution in [0.25, 0.3) is 0 Å². The van der Waals surface area contributed by atoms with Gasteiger partial charge in [0.1, 0.15) is 0 Å². The largest absolute Gasteiger partial charge is 0.322 e. The van der Waals surface area contributed by atoms with E-state index in [4.69, 9.17) is 0 Å². The van der Waals surface area contributed by atoms with E-state index in [1.54, 1.807) is 63.4 Å². The quantitative estimate of drug-likeness (QED) is 0.594. The molecule has 0 aliphatic carbocycles. The third kappa shape index (κ3) is 4.36. The number of aromatic nitrogens is 1. The minimum absolute atomic E-state index is 0.208. The average Bonchev–Trinajstić information content (AvgIpc) is 3.04. The van der Waals surface area contributed by atoms with Gasteiger partial charge in [-0.05, 0) is 69.3 Å². The van der Waals surface area contributed by atoms with Crippen molar-refractivity contribution in [2.24, 2.45) is 0 Å². The lowest BCUT2D eigenvalue weighted by atomic mass is 10.1. The molecule has 2 heterocycles. The molecule has 0 spiro atoms. The van der Waals surface area contributed by atoms with Crippen molar-refractivity contribution >= 4 is 35.0 Å². The number of hydrogen-bond donors (Lipinski definition) is 2. The number of carbonyl (C=O) groups excluding carboxylic acids is 4. The van der Waals surface area contributed by atoms with Gasteiger partial charge in [0.2, 0.25) is 0 Å². The van der Waals surface area contributed by atoms with Crippen molar-refractivity contribution in [2.75, 3.05) is 10.6 Å². The third-order valence-corrected chi connectivity index (χ3v) is 5.12. The SMILES string of the molecule is CC(C)(C)N1C(=O)c2ccc(C(=O)Nc3cccc(NC(=O)c4cccnc4)c3)cc2C1=O. The molecule has 0 radical (unpaired) electrons. The molecule has 4 amide bonds. The van der Waals surface area contributed by atoms with Crippen LogP contribution in [0.3, 0.4) is 0 Å². The van der Waals surface area contributed by atoms with Crippen molar-refractivity contribution in [3.05, 3.63) is 89.2 Å². The zero-order valence-corrected chi connectivity index (χ0v) is 18.4. The number of anilines is 2. The van der Waals surface area contributed by atoms with E-state index in [1.807, 2.05) is 0 Å². The Morgan fingerprint density at radius 2 is 1.42 bits per heavy atom. The second-order valence-electron chi connectivity index (χ2n) is 8.61. The van der Waals surface area contributed by atoms with E-state index in [1.165, 1.54) is 29.3 Å². The number of imide groups is 1. The Morgan fingerprint density at radius 1 is 0.788 bits per heavy atom. The second kappa shape index (κ2) is 8.31. The Bertz CT molecular complexity index is 1280. The van der Waals surface area contributed by atoms with Gasteiger partial charge in [0.25, 0.3) is 23.6 Å². The van der Waals surface area contributed by atoms with Gasteiger partial charge in [-0.2, -0.15) is 0 Å². The van der Waals surface area contributed by atoms with Gasteiger partial charge in [-0.3, -0.25) is 29.1 Å². The van der Waals surface area contributed by atoms with Crippen LogP contribution >= 0.6 is 0 Å². The van der Waals surface area contributed by atoms with E-state index < -0.39 is 17.4 Å². The fraction of sp³-hybridized carbons (Fsp3) is 0.160. The first kappa shape index (κ1) is 21.9. The van der Waals surface area contributed by atoms with Crippen LogP contribution < -0.4 is 10.6 Å². The number of hydrogen-bond acceptors (Lipinski definition) is 5. The van der Waals surface area contributed by atoms with E-state index in [9.17, 15) is 19.2 Å². The van der Waals surface area contributed by atoms with Crippen molar-refractivity contribution < 1.29 is 19.2 Å². The highest BCUT2D eigenvalue weighted by Gasteiger charge is 2.42. The molecular weight excluding hydrogens is 420 g/mol. The highest BCUT2D eigenvalue weighted by Crippen LogP contribution is 2.30. The van der Waals surface area contributed by atoms with Gasteiger partial charge >= 0.3 is 0 Å². The fourth-order valence-electron chi connectivity index (χ4n) is 3.57. The van der Waals surface area contributed by atoms with Crippen molar-refractivity contribution in [3.8, 4) is 0 Å². The van der Waals surface area contributed by atoms with E-state index in [0.29, 0.717) is 16.9 Å². The molecule has 0 unspecified atom stereocenters. The van der Waals surface area contributed by atoms with Crippen LogP contribution in [-0.2, 0) is 0 Å². The van der Waals surface area contributed by atoms with Gasteiger partial charge in [-0.1, -0.05) is 6.07 Å². The molecule has 0 saturated carbocycles. The molecule has 3 aromatic rings. The van der Waals surface area contributed by atoms with Crippen molar-refractivity contribution in [3.63, 3.8) is 0 Å². The summed E-state index contributed by atoms with van der Waals surface area (Å²) in [4.78, 5) is 55.7. The van der Waals surface area contributed by atoms with Crippen LogP contribution in [0.5, 0.6) is 0 Å². The standard InChI is InChI=1S/C25H22N4O4/c1-25(2,3)29-23(32)19-10-9-15(12-20(19)24(29)33)21(30)27-17-7-4-8-18(13-17)28-22(31)16-6-5-11-26-14-16/h4-14H,1-3H3,(H,27,30)(H,28,31). The maximum absolute atomic E-state index is 12.8. The van der Waals surface area contributed by atoms with E-state index in [2.05, 4.69) is 15.6 Å². The lowest BCUT2D eigenvalue weighted by Crippen LogP contribution is -2.45. The molecule has 2 N–H and O–H groups in total. The molecule has 0 fully saturated rings. The number of pyridine rings is 1. The smallest absolute Gasteiger partial charge is 0.262 e. The summed E-state index contributed by atoms with van der Waals surface area (Å²) in [5.41, 5.74) is 1.44. The molecule has 8 nitrogen and oxygen atoms in total. The first-order valence-corrected chi connectivity index (χ1v) is 10.3. The first-order chi connectivity index (χ1) is 15.6. The van der Waals surface area contributed by atoms with Crippen LogP contribution in [0.4, 0.5) is 11.4 Å². The number of fused-ring (bicyclic) bond motifs is 1. The summed E-state index contributed by atoms with van der Waals surface area (Å²) in [5.74, 6) is -1.55. The predicted molar refractivity (Wildman–Crippen MR) is 123 cm³/mol. The summed E-state index contributed by atoms with van der Waals surface area (Å²) in [7, 11) is 0. The highest BCUT2D eigenvalue weighted by molar-refractivity contribution is 6.22. The summed E-state index contributed by atoms with van der Waals surface area (Å²) in [5, 5.41) is 5.52. The highest BCUT2D eigenvalue weighted by atomic mass is 16.2. The van der Waals surface area contributed by atoms with Crippen LogP contribution in [0.1, 0.15) is 62.2 Å². The van der Waals surface area contributed by atoms with Crippen molar-refractivity contribution in [2.45, 2.75) is 26.3 Å². The average molecular weight is 442 g/mol. The number of rotatable bonds is 4. The van der Waals surface area contributed by atoms with Crippen LogP contribution in [0, 0.1) is 0 Å². The lowest BCUT2D eigenvalue weighted by Gasteiger charge is -2.29. The number of nitrogens with one attached hydrogen (secondary N) is 2. The molecular formula is C25H22N4O4. The van der Waals surface area contributed by atoms with Crippen LogP contribution in [-0.4, -0.2) is 39.1 Å². The Labute approximate surface area is 190 Å². The predicted octanol–water partition coefficient (Wildman–Crippen LogP) is 3.98. The Morgan fingerprint density at radius 3 is 2.03 bits per heavy atom. The molecule has 0 saturated heterocycles. The van der Waals surface area contributed by atoms with Gasteiger partial charge in [0.15, 0.2) is 0 Å². The molecule has 8 heteroatoms. The van der Waals surface area contributed by atoms with Crippen molar-refractivity contribution in [1.82, 2.24) is 9.88 Å². The molecule has 0 bridgehead atoms. The third-order valence-electron chi connectivity index (χ3n) is 5.12. The van der Waals surface area contributed by atoms with E-state index >= 15 is 0 Å². The zero-order valence-electron chi connectivity index (χ0n) is 18.4. The maximum Gasteiger partial charge on any atom is 0.262 e. The van der Waals surface area contributed by atoms with E-state index in [-0.39, 0.29) is 28.5 Å². The van der Waals surface area contributed by atoms with Crippen LogP contribution in [0.2, 0.25) is 0 Å². The molecule has 1 aliphatic heterocycles. The molecule has 1 aliphatic rings. The zero-order chi connectivity index (χ0) is 23.8. The normalized spacial score (nSPS) is 13.0. The minimum Gasteiger partial charge on any atom is -0.322 e. The molecule has 4 rings (SSSR count). The second-order valence-corrected chi connectivity index (χ2v) is 8.61. The Balaban J connectivity index is 1.51. The molecule has 2 aromatic carbocycles. The monoisotopic (exact) mass is 442 g/mol. The summed E-state index contributed by atoms with van der Waals surface area (Å²) in [6, 6.07) is 14.5. The topological polar surface area (TPSA) is 108 Å². The molecule has 0 atom stereocenters. The Hall–Kier alpha value is -4.33. The molecule has 166 valence electrons. The number of amides is 4. The van der Waals surface area contributed by atoms with Gasteiger partial charge in [-0.25, -0.2) is 0 Å². The van der Waals surface area contributed by atoms with Gasteiger partial charge in [-0.15, -0.1) is 0 Å². The maximum atomic E-state index is 12.8. The molecule has 1 aromatic heterocycles. The number of nitrogens with zero attached hydrogens (tertiary/aromatic N) is 2. The van der Waals surface area contributed by atoms with Gasteiger partial charge < -0.3 is 10.6 Å². The number of carbonyl (C=O) groups is 4. The van der Waals surface area contributed by atoms with Gasteiger partial charge in [0.05, 0.1) is 16.7 Å². The van der Waals surface area contributed by atoms with Crippen molar-refractivity contribution in [1.29, 1.82) is 0 Å². The van der Waals surface area contributed by atoms with Gasteiger partial charge in [0, 0.05) is 34.9 Å². The number of benzene rings is 2. The Kier molecular flexibility index (Phi) is 5.51. The lowest BCUT2D eigenvalue weighted by molar-refractivity contribution is 0.0507. The summed E-state index contributed by atoms with van der Waals surface area (Å²) in [6.45, 7) is 5.34. The minimum atomic E-state index is -0.670. The summed E-state index contributed by atoms with van der Waals surface area (Å²) >= 11 is 0. The van der Waals surface area contributed by atoms with Crippen LogP contribution in [0.15, 0.2) is 67.0 Å².